The second-order valence-corrected chi connectivity index (χ2v) is 5.96. The van der Waals surface area contributed by atoms with E-state index in [4.69, 9.17) is 14.2 Å². The van der Waals surface area contributed by atoms with Crippen LogP contribution in [0.2, 0.25) is 0 Å². The molecule has 2 aliphatic carbocycles. The van der Waals surface area contributed by atoms with Gasteiger partial charge in [-0.25, -0.2) is 0 Å². The van der Waals surface area contributed by atoms with Crippen molar-refractivity contribution < 1.29 is 19.0 Å². The van der Waals surface area contributed by atoms with Gasteiger partial charge >= 0.3 is 5.97 Å². The molecule has 2 rings (SSSR count). The lowest BCUT2D eigenvalue weighted by Crippen LogP contribution is -2.34. The zero-order chi connectivity index (χ0) is 14.6. The smallest absolute Gasteiger partial charge is 0.305 e. The van der Waals surface area contributed by atoms with Crippen molar-refractivity contribution in [2.24, 2.45) is 17.3 Å². The first kappa shape index (κ1) is 15.5. The molecule has 0 amide bonds. The van der Waals surface area contributed by atoms with E-state index in [1.54, 1.807) is 0 Å². The van der Waals surface area contributed by atoms with Gasteiger partial charge in [0.1, 0.15) is 0 Å². The van der Waals surface area contributed by atoms with Gasteiger partial charge in [0.25, 0.3) is 0 Å². The Morgan fingerprint density at radius 1 is 1.40 bits per heavy atom. The van der Waals surface area contributed by atoms with Gasteiger partial charge in [-0.2, -0.15) is 0 Å². The van der Waals surface area contributed by atoms with Crippen LogP contribution in [0.4, 0.5) is 0 Å². The van der Waals surface area contributed by atoms with Crippen molar-refractivity contribution >= 4 is 5.97 Å². The molecule has 0 aliphatic heterocycles. The standard InChI is InChI=1S/C16H26O4/c1-4-19-12(2)20-11-16(8-7-15(17)18-3)10-13-5-6-14(16)9-13/h5-6,12-14H,4,7-11H2,1-3H3. The Kier molecular flexibility index (Phi) is 5.22. The third kappa shape index (κ3) is 3.41. The molecule has 0 aromatic rings. The molecule has 4 unspecified atom stereocenters. The zero-order valence-electron chi connectivity index (χ0n) is 12.8. The van der Waals surface area contributed by atoms with Gasteiger partial charge in [-0.05, 0) is 44.9 Å². The minimum absolute atomic E-state index is 0.0823. The number of methoxy groups -OCH3 is 1. The highest BCUT2D eigenvalue weighted by molar-refractivity contribution is 5.69. The number of hydrogen-bond acceptors (Lipinski definition) is 4. The first-order valence-electron chi connectivity index (χ1n) is 7.58. The van der Waals surface area contributed by atoms with Crippen LogP contribution in [-0.4, -0.2) is 32.6 Å². The van der Waals surface area contributed by atoms with E-state index in [0.717, 1.165) is 12.8 Å². The second-order valence-electron chi connectivity index (χ2n) is 5.96. The molecule has 0 heterocycles. The van der Waals surface area contributed by atoms with E-state index in [9.17, 15) is 4.79 Å². The molecule has 0 radical (unpaired) electrons. The van der Waals surface area contributed by atoms with Gasteiger partial charge in [0, 0.05) is 18.4 Å². The summed E-state index contributed by atoms with van der Waals surface area (Å²) in [6.45, 7) is 5.21. The number of esters is 1. The summed E-state index contributed by atoms with van der Waals surface area (Å²) in [7, 11) is 1.45. The third-order valence-electron chi connectivity index (χ3n) is 4.69. The fourth-order valence-electron chi connectivity index (χ4n) is 3.60. The molecule has 2 bridgehead atoms. The maximum atomic E-state index is 11.5. The van der Waals surface area contributed by atoms with Gasteiger partial charge in [-0.1, -0.05) is 12.2 Å². The molecule has 0 aromatic carbocycles. The Hall–Kier alpha value is -0.870. The molecule has 4 heteroatoms. The molecule has 4 nitrogen and oxygen atoms in total. The topological polar surface area (TPSA) is 44.8 Å². The minimum atomic E-state index is -0.182. The third-order valence-corrected chi connectivity index (χ3v) is 4.69. The lowest BCUT2D eigenvalue weighted by molar-refractivity contribution is -0.155. The predicted octanol–water partition coefficient (Wildman–Crippen LogP) is 2.92. The largest absolute Gasteiger partial charge is 0.469 e. The van der Waals surface area contributed by atoms with Gasteiger partial charge in [-0.15, -0.1) is 0 Å². The van der Waals surface area contributed by atoms with Crippen LogP contribution in [0.15, 0.2) is 12.2 Å². The first-order valence-corrected chi connectivity index (χ1v) is 7.58. The first-order chi connectivity index (χ1) is 9.59. The zero-order valence-corrected chi connectivity index (χ0v) is 12.8. The van der Waals surface area contributed by atoms with Crippen LogP contribution < -0.4 is 0 Å². The minimum Gasteiger partial charge on any atom is -0.469 e. The summed E-state index contributed by atoms with van der Waals surface area (Å²) in [5.74, 6) is 1.06. The van der Waals surface area contributed by atoms with E-state index in [1.807, 2.05) is 13.8 Å². The fraction of sp³-hybridized carbons (Fsp3) is 0.812. The van der Waals surface area contributed by atoms with Gasteiger partial charge in [0.2, 0.25) is 0 Å². The summed E-state index contributed by atoms with van der Waals surface area (Å²) in [6.07, 6.45) is 8.06. The number of carbonyl (C=O) groups excluding carboxylic acids is 1. The molecule has 20 heavy (non-hydrogen) atoms. The molecule has 0 saturated heterocycles. The Morgan fingerprint density at radius 3 is 2.75 bits per heavy atom. The highest BCUT2D eigenvalue weighted by Crippen LogP contribution is 2.54. The van der Waals surface area contributed by atoms with E-state index < -0.39 is 0 Å². The van der Waals surface area contributed by atoms with Gasteiger partial charge < -0.3 is 14.2 Å². The van der Waals surface area contributed by atoms with Crippen LogP contribution in [0.5, 0.6) is 0 Å². The summed E-state index contributed by atoms with van der Waals surface area (Å²) >= 11 is 0. The molecule has 4 atom stereocenters. The predicted molar refractivity (Wildman–Crippen MR) is 76.1 cm³/mol. The van der Waals surface area contributed by atoms with Crippen molar-refractivity contribution in [2.45, 2.75) is 45.8 Å². The van der Waals surface area contributed by atoms with Crippen molar-refractivity contribution in [3.05, 3.63) is 12.2 Å². The fourth-order valence-corrected chi connectivity index (χ4v) is 3.60. The monoisotopic (exact) mass is 282 g/mol. The van der Waals surface area contributed by atoms with Crippen LogP contribution in [0.3, 0.4) is 0 Å². The highest BCUT2D eigenvalue weighted by atomic mass is 16.7. The van der Waals surface area contributed by atoms with E-state index in [-0.39, 0.29) is 17.7 Å². The maximum absolute atomic E-state index is 11.5. The molecule has 1 fully saturated rings. The van der Waals surface area contributed by atoms with Crippen molar-refractivity contribution in [2.75, 3.05) is 20.3 Å². The van der Waals surface area contributed by atoms with Crippen LogP contribution in [0.25, 0.3) is 0 Å². The van der Waals surface area contributed by atoms with Crippen LogP contribution in [0.1, 0.15) is 39.5 Å². The number of ether oxygens (including phenoxy) is 3. The van der Waals surface area contributed by atoms with Gasteiger partial charge in [0.05, 0.1) is 13.7 Å². The van der Waals surface area contributed by atoms with E-state index >= 15 is 0 Å². The Bertz CT molecular complexity index is 365. The van der Waals surface area contributed by atoms with Crippen LogP contribution in [-0.2, 0) is 19.0 Å². The molecular weight excluding hydrogens is 256 g/mol. The average Bonchev–Trinajstić information content (AvgIpc) is 3.04. The van der Waals surface area contributed by atoms with Gasteiger partial charge in [-0.3, -0.25) is 4.79 Å². The number of carbonyl (C=O) groups is 1. The number of allylic oxidation sites excluding steroid dienone is 2. The molecule has 2 aliphatic rings. The lowest BCUT2D eigenvalue weighted by atomic mass is 9.73. The van der Waals surface area contributed by atoms with Gasteiger partial charge in [0.15, 0.2) is 6.29 Å². The summed E-state index contributed by atoms with van der Waals surface area (Å²) in [5.41, 5.74) is 0.0823. The second kappa shape index (κ2) is 6.72. The number of rotatable bonds is 8. The van der Waals surface area contributed by atoms with E-state index in [2.05, 4.69) is 12.2 Å². The van der Waals surface area contributed by atoms with E-state index in [0.29, 0.717) is 31.5 Å². The number of hydrogen-bond donors (Lipinski definition) is 0. The molecule has 114 valence electrons. The SMILES string of the molecule is CCOC(C)OCC1(CCC(=O)OC)CC2C=CC1C2. The average molecular weight is 282 g/mol. The Labute approximate surface area is 121 Å². The van der Waals surface area contributed by atoms with Crippen LogP contribution in [0, 0.1) is 17.3 Å². The van der Waals surface area contributed by atoms with Crippen molar-refractivity contribution in [3.63, 3.8) is 0 Å². The molecule has 1 saturated carbocycles. The summed E-state index contributed by atoms with van der Waals surface area (Å²) in [6, 6.07) is 0. The molecule has 0 spiro atoms. The van der Waals surface area contributed by atoms with Crippen molar-refractivity contribution in [3.8, 4) is 0 Å². The Morgan fingerprint density at radius 2 is 2.20 bits per heavy atom. The normalized spacial score (nSPS) is 32.5. The Balaban J connectivity index is 1.94. The van der Waals surface area contributed by atoms with Crippen molar-refractivity contribution in [1.29, 1.82) is 0 Å². The maximum Gasteiger partial charge on any atom is 0.305 e. The van der Waals surface area contributed by atoms with E-state index in [1.165, 1.54) is 13.5 Å². The quantitative estimate of drug-likeness (QED) is 0.390. The summed E-state index contributed by atoms with van der Waals surface area (Å²) in [5, 5.41) is 0. The molecular formula is C16H26O4. The van der Waals surface area contributed by atoms with Crippen molar-refractivity contribution in [1.82, 2.24) is 0 Å². The summed E-state index contributed by atoms with van der Waals surface area (Å²) in [4.78, 5) is 11.5. The molecule has 0 N–H and O–H groups in total. The van der Waals surface area contributed by atoms with Crippen LogP contribution >= 0.6 is 0 Å². The molecule has 0 aromatic heterocycles. The number of fused-ring (bicyclic) bond motifs is 2. The highest BCUT2D eigenvalue weighted by Gasteiger charge is 2.48. The lowest BCUT2D eigenvalue weighted by Gasteiger charge is -2.36. The summed E-state index contributed by atoms with van der Waals surface area (Å²) < 4.78 is 16.1.